The summed E-state index contributed by atoms with van der Waals surface area (Å²) in [6.07, 6.45) is 5.20. The number of carbonyl (C=O) groups excluding carboxylic acids is 1. The van der Waals surface area contributed by atoms with Gasteiger partial charge in [-0.15, -0.1) is 0 Å². The van der Waals surface area contributed by atoms with Gasteiger partial charge in [-0.25, -0.2) is 0 Å². The van der Waals surface area contributed by atoms with E-state index in [-0.39, 0.29) is 11.5 Å². The van der Waals surface area contributed by atoms with E-state index in [4.69, 9.17) is 4.74 Å². The molecule has 1 unspecified atom stereocenters. The second-order valence-corrected chi connectivity index (χ2v) is 4.85. The summed E-state index contributed by atoms with van der Waals surface area (Å²) in [6.45, 7) is 6.36. The largest absolute Gasteiger partial charge is 0.375 e. The van der Waals surface area contributed by atoms with Gasteiger partial charge in [-0.3, -0.25) is 0 Å². The van der Waals surface area contributed by atoms with Crippen LogP contribution in [0.1, 0.15) is 32.6 Å². The molecule has 2 aliphatic heterocycles. The van der Waals surface area contributed by atoms with Crippen LogP contribution in [0.4, 0.5) is 0 Å². The summed E-state index contributed by atoms with van der Waals surface area (Å²) in [5, 5.41) is 0. The van der Waals surface area contributed by atoms with Crippen molar-refractivity contribution in [1.29, 1.82) is 0 Å². The summed E-state index contributed by atoms with van der Waals surface area (Å²) in [6, 6.07) is 0. The Morgan fingerprint density at radius 2 is 2.20 bits per heavy atom. The van der Waals surface area contributed by atoms with Crippen LogP contribution in [0.3, 0.4) is 0 Å². The lowest BCUT2D eigenvalue weighted by Crippen LogP contribution is -2.49. The molecule has 2 aliphatic rings. The maximum atomic E-state index is 10.8. The lowest BCUT2D eigenvalue weighted by atomic mass is 9.80. The molecule has 2 rings (SSSR count). The van der Waals surface area contributed by atoms with Gasteiger partial charge in [0.15, 0.2) is 0 Å². The fourth-order valence-electron chi connectivity index (χ4n) is 2.81. The van der Waals surface area contributed by atoms with Crippen LogP contribution in [0.2, 0.25) is 0 Å². The normalized spacial score (nSPS) is 31.7. The third-order valence-electron chi connectivity index (χ3n) is 3.94. The Morgan fingerprint density at radius 3 is 2.80 bits per heavy atom. The predicted octanol–water partition coefficient (Wildman–Crippen LogP) is 1.47. The van der Waals surface area contributed by atoms with Gasteiger partial charge >= 0.3 is 0 Å². The molecule has 0 radical (unpaired) electrons. The Hall–Kier alpha value is -0.410. The van der Waals surface area contributed by atoms with Crippen molar-refractivity contribution in [2.24, 2.45) is 5.92 Å². The summed E-state index contributed by atoms with van der Waals surface area (Å²) in [5.41, 5.74) is 0.0372. The highest BCUT2D eigenvalue weighted by atomic mass is 16.5. The number of ether oxygens (including phenoxy) is 1. The second-order valence-electron chi connectivity index (χ2n) is 4.85. The molecule has 0 amide bonds. The first-order valence-corrected chi connectivity index (χ1v) is 6.09. The van der Waals surface area contributed by atoms with Crippen molar-refractivity contribution in [1.82, 2.24) is 4.90 Å². The second kappa shape index (κ2) is 4.62. The molecule has 0 aliphatic carbocycles. The minimum absolute atomic E-state index is 0.0372. The molecule has 2 heterocycles. The summed E-state index contributed by atoms with van der Waals surface area (Å²) < 4.78 is 5.95. The molecule has 86 valence electrons. The Labute approximate surface area is 91.8 Å². The molecule has 0 N–H and O–H groups in total. The number of carbonyl (C=O) groups is 1. The lowest BCUT2D eigenvalue weighted by molar-refractivity contribution is -0.138. The highest BCUT2D eigenvalue weighted by Gasteiger charge is 2.39. The first kappa shape index (κ1) is 11.1. The molecule has 3 nitrogen and oxygen atoms in total. The smallest absolute Gasteiger partial charge is 0.123 e. The maximum Gasteiger partial charge on any atom is 0.123 e. The first-order chi connectivity index (χ1) is 7.28. The minimum Gasteiger partial charge on any atom is -0.375 e. The zero-order chi connectivity index (χ0) is 10.7. The third-order valence-corrected chi connectivity index (χ3v) is 3.94. The Bertz CT molecular complexity index is 222. The lowest BCUT2D eigenvalue weighted by Gasteiger charge is -2.45. The van der Waals surface area contributed by atoms with Crippen molar-refractivity contribution in [3.8, 4) is 0 Å². The number of hydrogen-bond donors (Lipinski definition) is 0. The van der Waals surface area contributed by atoms with Gasteiger partial charge < -0.3 is 14.4 Å². The van der Waals surface area contributed by atoms with E-state index in [1.165, 1.54) is 0 Å². The monoisotopic (exact) mass is 211 g/mol. The number of nitrogens with zero attached hydrogens (tertiary/aromatic N) is 1. The van der Waals surface area contributed by atoms with E-state index in [2.05, 4.69) is 11.8 Å². The number of piperidine rings is 1. The van der Waals surface area contributed by atoms with Crippen molar-refractivity contribution in [2.45, 2.75) is 38.2 Å². The third kappa shape index (κ3) is 2.40. The van der Waals surface area contributed by atoms with Crippen LogP contribution in [-0.2, 0) is 9.53 Å². The van der Waals surface area contributed by atoms with Crippen molar-refractivity contribution in [3.63, 3.8) is 0 Å². The van der Waals surface area contributed by atoms with Gasteiger partial charge in [0.05, 0.1) is 5.60 Å². The van der Waals surface area contributed by atoms with E-state index in [9.17, 15) is 4.79 Å². The topological polar surface area (TPSA) is 29.5 Å². The van der Waals surface area contributed by atoms with Crippen molar-refractivity contribution in [2.75, 3.05) is 26.2 Å². The van der Waals surface area contributed by atoms with Gasteiger partial charge in [-0.05, 0) is 32.2 Å². The number of hydrogen-bond acceptors (Lipinski definition) is 3. The highest BCUT2D eigenvalue weighted by molar-refractivity contribution is 5.53. The summed E-state index contributed by atoms with van der Waals surface area (Å²) >= 11 is 0. The van der Waals surface area contributed by atoms with Gasteiger partial charge in [0.2, 0.25) is 0 Å². The molecule has 2 saturated heterocycles. The number of aldehydes is 1. The van der Waals surface area contributed by atoms with E-state index in [1.807, 2.05) is 0 Å². The molecule has 0 aromatic carbocycles. The summed E-state index contributed by atoms with van der Waals surface area (Å²) in [7, 11) is 0. The quantitative estimate of drug-likeness (QED) is 0.648. The molecule has 0 aromatic heterocycles. The van der Waals surface area contributed by atoms with Crippen LogP contribution in [0.25, 0.3) is 0 Å². The summed E-state index contributed by atoms with van der Waals surface area (Å²) in [5.74, 6) is 0.243. The standard InChI is InChI=1S/C12H21NO2/c1-2-13-6-4-12(5-7-13)9-11(10-14)3-8-15-12/h10-11H,2-9H2,1H3. The van der Waals surface area contributed by atoms with Crippen molar-refractivity contribution in [3.05, 3.63) is 0 Å². The average molecular weight is 211 g/mol. The van der Waals surface area contributed by atoms with E-state index in [0.29, 0.717) is 0 Å². The molecule has 0 saturated carbocycles. The summed E-state index contributed by atoms with van der Waals surface area (Å²) in [4.78, 5) is 13.3. The number of likely N-dealkylation sites (tertiary alicyclic amines) is 1. The molecule has 2 fully saturated rings. The molecular weight excluding hydrogens is 190 g/mol. The predicted molar refractivity (Wildman–Crippen MR) is 58.8 cm³/mol. The van der Waals surface area contributed by atoms with E-state index >= 15 is 0 Å². The van der Waals surface area contributed by atoms with E-state index < -0.39 is 0 Å². The Kier molecular flexibility index (Phi) is 3.42. The number of rotatable bonds is 2. The van der Waals surface area contributed by atoms with Crippen molar-refractivity contribution >= 4 is 6.29 Å². The zero-order valence-corrected chi connectivity index (χ0v) is 9.58. The first-order valence-electron chi connectivity index (χ1n) is 6.09. The SMILES string of the molecule is CCN1CCC2(CC1)CC(C=O)CCO2. The van der Waals surface area contributed by atoms with Crippen LogP contribution in [0, 0.1) is 5.92 Å². The molecule has 0 bridgehead atoms. The average Bonchev–Trinajstić information content (AvgIpc) is 2.30. The minimum atomic E-state index is 0.0372. The van der Waals surface area contributed by atoms with Gasteiger partial charge in [0.1, 0.15) is 6.29 Å². The fourth-order valence-corrected chi connectivity index (χ4v) is 2.81. The Balaban J connectivity index is 1.93. The maximum absolute atomic E-state index is 10.8. The van der Waals surface area contributed by atoms with E-state index in [1.54, 1.807) is 0 Å². The van der Waals surface area contributed by atoms with Gasteiger partial charge in [-0.1, -0.05) is 6.92 Å². The van der Waals surface area contributed by atoms with Crippen LogP contribution in [0.5, 0.6) is 0 Å². The molecule has 3 heteroatoms. The fraction of sp³-hybridized carbons (Fsp3) is 0.917. The van der Waals surface area contributed by atoms with Crippen LogP contribution in [0.15, 0.2) is 0 Å². The molecule has 1 atom stereocenters. The molecule has 15 heavy (non-hydrogen) atoms. The van der Waals surface area contributed by atoms with Crippen LogP contribution >= 0.6 is 0 Å². The zero-order valence-electron chi connectivity index (χ0n) is 9.58. The van der Waals surface area contributed by atoms with Gasteiger partial charge in [0, 0.05) is 25.6 Å². The van der Waals surface area contributed by atoms with Crippen LogP contribution in [-0.4, -0.2) is 43.0 Å². The van der Waals surface area contributed by atoms with Crippen LogP contribution < -0.4 is 0 Å². The molecule has 1 spiro atoms. The van der Waals surface area contributed by atoms with E-state index in [0.717, 1.165) is 58.2 Å². The van der Waals surface area contributed by atoms with Gasteiger partial charge in [-0.2, -0.15) is 0 Å². The Morgan fingerprint density at radius 1 is 1.47 bits per heavy atom. The van der Waals surface area contributed by atoms with Crippen molar-refractivity contribution < 1.29 is 9.53 Å². The van der Waals surface area contributed by atoms with Gasteiger partial charge in [0.25, 0.3) is 0 Å². The molecule has 0 aromatic rings. The highest BCUT2D eigenvalue weighted by Crippen LogP contribution is 2.36. The molecular formula is C12H21NO2.